The van der Waals surface area contributed by atoms with Gasteiger partial charge >= 0.3 is 0 Å². The Bertz CT molecular complexity index is 550. The molecule has 0 spiro atoms. The molecule has 0 saturated heterocycles. The number of amides is 1. The normalized spacial score (nSPS) is 10.4. The van der Waals surface area contributed by atoms with E-state index in [1.54, 1.807) is 35.1 Å². The van der Waals surface area contributed by atoms with E-state index in [2.05, 4.69) is 15.6 Å². The maximum atomic E-state index is 10.9. The highest BCUT2D eigenvalue weighted by Crippen LogP contribution is 2.10. The van der Waals surface area contributed by atoms with Crippen molar-refractivity contribution in [2.45, 2.75) is 13.1 Å². The molecule has 2 aromatic rings. The van der Waals surface area contributed by atoms with E-state index < -0.39 is 5.91 Å². The van der Waals surface area contributed by atoms with Gasteiger partial charge in [-0.3, -0.25) is 4.79 Å². The molecule has 0 atom stereocenters. The summed E-state index contributed by atoms with van der Waals surface area (Å²) in [5, 5.41) is 19.7. The zero-order chi connectivity index (χ0) is 13.7. The molecular formula is C12H15N5O2. The predicted octanol–water partition coefficient (Wildman–Crippen LogP) is -0.0186. The molecule has 0 bridgehead atoms. The summed E-state index contributed by atoms with van der Waals surface area (Å²) in [6.07, 6.45) is 1.76. The Kier molecular flexibility index (Phi) is 4.09. The number of anilines is 1. The van der Waals surface area contributed by atoms with E-state index in [0.717, 1.165) is 11.4 Å². The van der Waals surface area contributed by atoms with Crippen molar-refractivity contribution in [2.75, 3.05) is 11.9 Å². The fraction of sp³-hybridized carbons (Fsp3) is 0.250. The molecule has 1 heterocycles. The number of rotatable bonds is 6. The van der Waals surface area contributed by atoms with Gasteiger partial charge in [0, 0.05) is 11.3 Å². The lowest BCUT2D eigenvalue weighted by atomic mass is 10.2. The van der Waals surface area contributed by atoms with Gasteiger partial charge in [0.1, 0.15) is 5.69 Å². The highest BCUT2D eigenvalue weighted by molar-refractivity contribution is 5.93. The minimum absolute atomic E-state index is 0.0325. The summed E-state index contributed by atoms with van der Waals surface area (Å²) in [7, 11) is 0. The molecule has 0 aliphatic heterocycles. The molecule has 0 aliphatic rings. The Balaban J connectivity index is 1.92. The largest absolute Gasteiger partial charge is 0.394 e. The highest BCUT2D eigenvalue weighted by atomic mass is 16.3. The number of aliphatic hydroxyl groups excluding tert-OH is 1. The first-order chi connectivity index (χ1) is 9.19. The second kappa shape index (κ2) is 5.96. The fourth-order valence-corrected chi connectivity index (χ4v) is 1.58. The molecule has 0 saturated carbocycles. The van der Waals surface area contributed by atoms with Gasteiger partial charge in [-0.2, -0.15) is 0 Å². The van der Waals surface area contributed by atoms with Crippen LogP contribution in [0.1, 0.15) is 16.1 Å². The van der Waals surface area contributed by atoms with E-state index in [9.17, 15) is 4.79 Å². The zero-order valence-electron chi connectivity index (χ0n) is 10.3. The topological polar surface area (TPSA) is 106 Å². The number of hydrogen-bond donors (Lipinski definition) is 3. The van der Waals surface area contributed by atoms with Crippen LogP contribution in [0.5, 0.6) is 0 Å². The van der Waals surface area contributed by atoms with Gasteiger partial charge in [-0.05, 0) is 24.3 Å². The van der Waals surface area contributed by atoms with Crippen molar-refractivity contribution in [1.29, 1.82) is 0 Å². The van der Waals surface area contributed by atoms with E-state index in [1.165, 1.54) is 0 Å². The molecule has 1 aromatic heterocycles. The third kappa shape index (κ3) is 3.52. The van der Waals surface area contributed by atoms with Gasteiger partial charge in [-0.15, -0.1) is 5.10 Å². The van der Waals surface area contributed by atoms with Gasteiger partial charge < -0.3 is 16.2 Å². The molecule has 0 radical (unpaired) electrons. The lowest BCUT2D eigenvalue weighted by Crippen LogP contribution is -2.10. The molecule has 0 aliphatic carbocycles. The van der Waals surface area contributed by atoms with Gasteiger partial charge in [0.05, 0.1) is 25.9 Å². The summed E-state index contributed by atoms with van der Waals surface area (Å²) in [5.74, 6) is -0.446. The van der Waals surface area contributed by atoms with E-state index in [-0.39, 0.29) is 6.61 Å². The molecule has 1 aromatic carbocycles. The minimum atomic E-state index is -0.446. The predicted molar refractivity (Wildman–Crippen MR) is 69.4 cm³/mol. The Labute approximate surface area is 110 Å². The van der Waals surface area contributed by atoms with Crippen molar-refractivity contribution in [2.24, 2.45) is 5.73 Å². The Morgan fingerprint density at radius 3 is 2.74 bits per heavy atom. The summed E-state index contributed by atoms with van der Waals surface area (Å²) < 4.78 is 1.58. The number of nitrogens with zero attached hydrogens (tertiary/aromatic N) is 3. The van der Waals surface area contributed by atoms with E-state index in [4.69, 9.17) is 10.8 Å². The molecule has 19 heavy (non-hydrogen) atoms. The van der Waals surface area contributed by atoms with Crippen molar-refractivity contribution in [1.82, 2.24) is 15.0 Å². The third-order valence-corrected chi connectivity index (χ3v) is 2.56. The van der Waals surface area contributed by atoms with Gasteiger partial charge in [-0.1, -0.05) is 5.21 Å². The van der Waals surface area contributed by atoms with Crippen LogP contribution in [0.4, 0.5) is 5.69 Å². The number of aromatic nitrogens is 3. The Hall–Kier alpha value is -2.41. The zero-order valence-corrected chi connectivity index (χ0v) is 10.3. The Morgan fingerprint density at radius 2 is 2.11 bits per heavy atom. The minimum Gasteiger partial charge on any atom is -0.394 e. The summed E-state index contributed by atoms with van der Waals surface area (Å²) in [5.41, 5.74) is 7.26. The lowest BCUT2D eigenvalue weighted by molar-refractivity contribution is 0.100. The molecular weight excluding hydrogens is 246 g/mol. The van der Waals surface area contributed by atoms with Gasteiger partial charge in [0.25, 0.3) is 0 Å². The van der Waals surface area contributed by atoms with Crippen molar-refractivity contribution in [3.63, 3.8) is 0 Å². The monoisotopic (exact) mass is 261 g/mol. The summed E-state index contributed by atoms with van der Waals surface area (Å²) >= 11 is 0. The summed E-state index contributed by atoms with van der Waals surface area (Å²) in [4.78, 5) is 10.9. The number of nitrogens with one attached hydrogen (secondary N) is 1. The van der Waals surface area contributed by atoms with Crippen LogP contribution in [0.15, 0.2) is 30.5 Å². The molecule has 7 nitrogen and oxygen atoms in total. The molecule has 0 unspecified atom stereocenters. The fourth-order valence-electron chi connectivity index (χ4n) is 1.58. The molecule has 7 heteroatoms. The molecule has 0 fully saturated rings. The molecule has 1 amide bonds. The van der Waals surface area contributed by atoms with E-state index >= 15 is 0 Å². The van der Waals surface area contributed by atoms with Crippen LogP contribution in [0, 0.1) is 0 Å². The van der Waals surface area contributed by atoms with Crippen molar-refractivity contribution < 1.29 is 9.90 Å². The number of aliphatic hydroxyl groups is 1. The second-order valence-electron chi connectivity index (χ2n) is 3.99. The first-order valence-corrected chi connectivity index (χ1v) is 5.82. The van der Waals surface area contributed by atoms with Gasteiger partial charge in [-0.25, -0.2) is 4.68 Å². The number of hydrogen-bond acceptors (Lipinski definition) is 5. The van der Waals surface area contributed by atoms with Crippen molar-refractivity contribution >= 4 is 11.6 Å². The molecule has 2 rings (SSSR count). The number of carbonyl (C=O) groups excluding carboxylic acids is 1. The highest BCUT2D eigenvalue weighted by Gasteiger charge is 2.02. The first kappa shape index (κ1) is 13.0. The summed E-state index contributed by atoms with van der Waals surface area (Å²) in [6.45, 7) is 0.979. The smallest absolute Gasteiger partial charge is 0.248 e. The quantitative estimate of drug-likeness (QED) is 0.677. The average molecular weight is 261 g/mol. The summed E-state index contributed by atoms with van der Waals surface area (Å²) in [6, 6.07) is 6.87. The van der Waals surface area contributed by atoms with Crippen LogP contribution in [-0.4, -0.2) is 32.6 Å². The molecule has 100 valence electrons. The van der Waals surface area contributed by atoms with Gasteiger partial charge in [0.15, 0.2) is 0 Å². The maximum absolute atomic E-state index is 10.9. The molecule has 4 N–H and O–H groups in total. The lowest BCUT2D eigenvalue weighted by Gasteiger charge is -2.04. The van der Waals surface area contributed by atoms with Crippen LogP contribution in [-0.2, 0) is 13.1 Å². The van der Waals surface area contributed by atoms with Crippen LogP contribution in [0.2, 0.25) is 0 Å². The average Bonchev–Trinajstić information content (AvgIpc) is 2.85. The number of carbonyl (C=O) groups is 1. The third-order valence-electron chi connectivity index (χ3n) is 2.56. The van der Waals surface area contributed by atoms with Crippen molar-refractivity contribution in [3.05, 3.63) is 41.7 Å². The number of nitrogens with two attached hydrogens (primary N) is 1. The van der Waals surface area contributed by atoms with Crippen LogP contribution < -0.4 is 11.1 Å². The van der Waals surface area contributed by atoms with E-state index in [1.807, 2.05) is 0 Å². The van der Waals surface area contributed by atoms with Crippen LogP contribution in [0.3, 0.4) is 0 Å². The standard InChI is InChI=1S/C12H15N5O2/c13-12(19)9-1-3-10(4-2-9)14-7-11-8-17(5-6-18)16-15-11/h1-4,8,14,18H,5-7H2,(H2,13,19). The number of benzene rings is 1. The SMILES string of the molecule is NC(=O)c1ccc(NCc2cn(CCO)nn2)cc1. The van der Waals surface area contributed by atoms with Crippen LogP contribution in [0.25, 0.3) is 0 Å². The maximum Gasteiger partial charge on any atom is 0.248 e. The number of primary amides is 1. The second-order valence-corrected chi connectivity index (χ2v) is 3.99. The van der Waals surface area contributed by atoms with Crippen LogP contribution >= 0.6 is 0 Å². The Morgan fingerprint density at radius 1 is 1.37 bits per heavy atom. The van der Waals surface area contributed by atoms with Gasteiger partial charge in [0.2, 0.25) is 5.91 Å². The van der Waals surface area contributed by atoms with Crippen molar-refractivity contribution in [3.8, 4) is 0 Å². The van der Waals surface area contributed by atoms with E-state index in [0.29, 0.717) is 18.7 Å². The first-order valence-electron chi connectivity index (χ1n) is 5.82.